The molecule has 0 unspecified atom stereocenters. The Morgan fingerprint density at radius 2 is 1.25 bits per heavy atom. The van der Waals surface area contributed by atoms with Gasteiger partial charge in [0.15, 0.2) is 0 Å². The van der Waals surface area contributed by atoms with Crippen molar-refractivity contribution in [3.8, 4) is 0 Å². The van der Waals surface area contributed by atoms with Crippen molar-refractivity contribution >= 4 is 9.58 Å². The zero-order valence-electron chi connectivity index (χ0n) is 2.01. The quantitative estimate of drug-likeness (QED) is 0.465. The summed E-state index contributed by atoms with van der Waals surface area (Å²) in [5.74, 6) is 0. The van der Waals surface area contributed by atoms with E-state index in [4.69, 9.17) is 0 Å². The Kier molecular flexibility index (Phi) is 96.1. The van der Waals surface area contributed by atoms with Crippen LogP contribution in [0.5, 0.6) is 0 Å². The zero-order chi connectivity index (χ0) is 2.00. The summed E-state index contributed by atoms with van der Waals surface area (Å²) in [6, 6.07) is 0. The molecular weight excluding hydrogens is 260 g/mol. The van der Waals surface area contributed by atoms with Crippen LogP contribution in [0.25, 0.3) is 0 Å². The van der Waals surface area contributed by atoms with Crippen molar-refractivity contribution in [3.05, 3.63) is 7.43 Å². The first-order chi connectivity index (χ1) is 1.00. The SMILES string of the molecule is [Ag+].[CH3-].[S]=[Ag]. The van der Waals surface area contributed by atoms with Crippen LogP contribution in [0.1, 0.15) is 0 Å². The van der Waals surface area contributed by atoms with Crippen molar-refractivity contribution < 1.29 is 41.6 Å². The van der Waals surface area contributed by atoms with E-state index in [9.17, 15) is 0 Å². The normalized spacial score (nSPS) is 1.50. The van der Waals surface area contributed by atoms with Gasteiger partial charge in [-0.1, -0.05) is 0 Å². The Balaban J connectivity index is -0.00000000500. The Morgan fingerprint density at radius 1 is 1.25 bits per heavy atom. The molecule has 0 aliphatic carbocycles. The van der Waals surface area contributed by atoms with Gasteiger partial charge >= 0.3 is 51.1 Å². The third-order valence-corrected chi connectivity index (χ3v) is 0. The molecule has 0 nitrogen and oxygen atoms in total. The minimum absolute atomic E-state index is 0. The fraction of sp³-hybridized carbons (Fsp3) is 0. The van der Waals surface area contributed by atoms with Crippen LogP contribution in [-0.2, 0) is 41.6 Å². The van der Waals surface area contributed by atoms with Gasteiger partial charge in [0.05, 0.1) is 0 Å². The maximum absolute atomic E-state index is 3.89. The Hall–Kier alpha value is 1.70. The molecule has 0 aliphatic heterocycles. The maximum atomic E-state index is 3.89. The summed E-state index contributed by atoms with van der Waals surface area (Å²) in [7, 11) is 3.89. The van der Waals surface area contributed by atoms with E-state index in [1.807, 2.05) is 0 Å². The average Bonchev–Trinajstić information content (AvgIpc) is 1.00. The van der Waals surface area contributed by atoms with Crippen molar-refractivity contribution in [3.63, 3.8) is 0 Å². The predicted molar refractivity (Wildman–Crippen MR) is 14.0 cm³/mol. The van der Waals surface area contributed by atoms with Gasteiger partial charge in [-0.2, -0.15) is 0 Å². The second-order valence-electron chi connectivity index (χ2n) is 0. The first-order valence-corrected chi connectivity index (χ1v) is 2.18. The molecule has 0 amide bonds. The topological polar surface area (TPSA) is 0 Å². The first kappa shape index (κ1) is 17.3. The molecule has 0 atom stereocenters. The molecule has 0 fully saturated rings. The van der Waals surface area contributed by atoms with Gasteiger partial charge in [-0.3, -0.25) is 0 Å². The first-order valence-electron chi connectivity index (χ1n) is 0.123. The van der Waals surface area contributed by atoms with E-state index in [1.165, 1.54) is 0 Å². The molecule has 0 rings (SSSR count). The Morgan fingerprint density at radius 3 is 1.25 bits per heavy atom. The molecule has 0 aromatic heterocycles. The molecule has 35 valence electrons. The number of hydrogen-bond acceptors (Lipinski definition) is 1. The summed E-state index contributed by atoms with van der Waals surface area (Å²) in [6.45, 7) is 0. The molecule has 0 heterocycles. The second-order valence-corrected chi connectivity index (χ2v) is 0. The van der Waals surface area contributed by atoms with E-state index >= 15 is 0 Å². The van der Waals surface area contributed by atoms with Crippen LogP contribution in [0.4, 0.5) is 0 Å². The summed E-state index contributed by atoms with van der Waals surface area (Å²) in [5, 5.41) is 0. The van der Waals surface area contributed by atoms with Crippen molar-refractivity contribution in [1.82, 2.24) is 0 Å². The van der Waals surface area contributed by atoms with Crippen molar-refractivity contribution in [2.45, 2.75) is 0 Å². The van der Waals surface area contributed by atoms with Crippen LogP contribution in [0.3, 0.4) is 0 Å². The third-order valence-electron chi connectivity index (χ3n) is 0. The van der Waals surface area contributed by atoms with Gasteiger partial charge in [-0.05, 0) is 0 Å². The van der Waals surface area contributed by atoms with Crippen molar-refractivity contribution in [2.24, 2.45) is 0 Å². The molecule has 0 spiro atoms. The van der Waals surface area contributed by atoms with Crippen molar-refractivity contribution in [2.75, 3.05) is 0 Å². The van der Waals surface area contributed by atoms with Crippen LogP contribution in [0, 0.1) is 7.43 Å². The summed E-state index contributed by atoms with van der Waals surface area (Å²) in [4.78, 5) is 0. The molecule has 0 aromatic rings. The number of rotatable bonds is 0. The number of hydrogen-bond donors (Lipinski definition) is 0. The standard InChI is InChI=1S/CH3.2Ag.S/h1H3;;;/q-1;;+1;. The molecule has 0 saturated carbocycles. The van der Waals surface area contributed by atoms with Gasteiger partial charge in [0.25, 0.3) is 0 Å². The summed E-state index contributed by atoms with van der Waals surface area (Å²) < 4.78 is 0. The van der Waals surface area contributed by atoms with Crippen LogP contribution in [0.15, 0.2) is 0 Å². The van der Waals surface area contributed by atoms with Gasteiger partial charge in [0.2, 0.25) is 0 Å². The van der Waals surface area contributed by atoms with E-state index in [1.54, 1.807) is 0 Å². The monoisotopic (exact) mass is 261 g/mol. The molecular formula is CH3Ag2S. The van der Waals surface area contributed by atoms with Gasteiger partial charge in [-0.15, -0.1) is 0 Å². The van der Waals surface area contributed by atoms with Crippen LogP contribution < -0.4 is 0 Å². The zero-order valence-corrected chi connectivity index (χ0v) is 5.79. The molecule has 0 aliphatic rings. The fourth-order valence-electron chi connectivity index (χ4n) is 0. The van der Waals surface area contributed by atoms with Gasteiger partial charge in [0.1, 0.15) is 0 Å². The molecule has 0 radical (unpaired) electrons. The van der Waals surface area contributed by atoms with Crippen molar-refractivity contribution in [1.29, 1.82) is 0 Å². The molecule has 0 saturated heterocycles. The molecule has 3 heteroatoms. The molecule has 0 aromatic carbocycles. The minimum atomic E-state index is 0. The molecule has 0 N–H and O–H groups in total. The fourth-order valence-corrected chi connectivity index (χ4v) is 0. The second kappa shape index (κ2) is 22.3. The Bertz CT molecular complexity index is 6.00. The van der Waals surface area contributed by atoms with E-state index in [2.05, 4.69) is 28.8 Å². The molecule has 0 bridgehead atoms. The van der Waals surface area contributed by atoms with E-state index in [0.29, 0.717) is 0 Å². The van der Waals surface area contributed by atoms with Crippen LogP contribution in [-0.4, -0.2) is 0 Å². The van der Waals surface area contributed by atoms with E-state index in [-0.39, 0.29) is 29.8 Å². The van der Waals surface area contributed by atoms with Gasteiger partial charge in [0, 0.05) is 0 Å². The van der Waals surface area contributed by atoms with E-state index in [0.717, 1.165) is 0 Å². The van der Waals surface area contributed by atoms with Gasteiger partial charge in [-0.25, -0.2) is 0 Å². The Labute approximate surface area is 58.1 Å². The van der Waals surface area contributed by atoms with Crippen LogP contribution in [0.2, 0.25) is 0 Å². The van der Waals surface area contributed by atoms with E-state index < -0.39 is 0 Å². The summed E-state index contributed by atoms with van der Waals surface area (Å²) in [5.41, 5.74) is 0. The van der Waals surface area contributed by atoms with Crippen LogP contribution >= 0.6 is 9.58 Å². The predicted octanol–water partition coefficient (Wildman–Crippen LogP) is 1.09. The average molecular weight is 263 g/mol. The van der Waals surface area contributed by atoms with Gasteiger partial charge < -0.3 is 7.43 Å². The summed E-state index contributed by atoms with van der Waals surface area (Å²) >= 11 is 2.53. The summed E-state index contributed by atoms with van der Waals surface area (Å²) in [6.07, 6.45) is 0. The third kappa shape index (κ3) is 9.33. The molecule has 4 heavy (non-hydrogen) atoms.